The molecule has 0 N–H and O–H groups in total. The molecule has 1 fully saturated rings. The Morgan fingerprint density at radius 2 is 1.88 bits per heavy atom. The van der Waals surface area contributed by atoms with Gasteiger partial charge in [0, 0.05) is 38.2 Å². The van der Waals surface area contributed by atoms with E-state index in [4.69, 9.17) is 9.47 Å². The number of amides is 2. The number of rotatable bonds is 3. The highest BCUT2D eigenvalue weighted by Gasteiger charge is 2.37. The maximum atomic E-state index is 13.3. The zero-order valence-electron chi connectivity index (χ0n) is 19.4. The number of piperidine rings is 1. The van der Waals surface area contributed by atoms with Crippen LogP contribution in [0.15, 0.2) is 48.8 Å². The van der Waals surface area contributed by atoms with Crippen molar-refractivity contribution in [2.24, 2.45) is 5.41 Å². The molecule has 1 aromatic carbocycles. The van der Waals surface area contributed by atoms with Crippen molar-refractivity contribution in [1.82, 2.24) is 14.8 Å². The standard InChI is InChI=1S/C26H33N3O4/c1-21(30)28-14-5-4-10-26(20-33-22-7-6-13-27-19-22)11-15-29(16-12-26)25(31)23-8-2-3-9-24(23)32-18-17-28/h2-3,6-9,13,19H,4-5,10-12,14-18,20H2,1H3. The Hall–Kier alpha value is -3.09. The number of carbonyl (C=O) groups is 2. The maximum Gasteiger partial charge on any atom is 0.257 e. The summed E-state index contributed by atoms with van der Waals surface area (Å²) in [5.74, 6) is 1.41. The van der Waals surface area contributed by atoms with Gasteiger partial charge in [-0.25, -0.2) is 0 Å². The predicted molar refractivity (Wildman–Crippen MR) is 125 cm³/mol. The fourth-order valence-corrected chi connectivity index (χ4v) is 4.75. The highest BCUT2D eigenvalue weighted by molar-refractivity contribution is 5.97. The van der Waals surface area contributed by atoms with Gasteiger partial charge in [-0.05, 0) is 49.9 Å². The third-order valence-corrected chi connectivity index (χ3v) is 6.86. The van der Waals surface area contributed by atoms with Gasteiger partial charge in [0.05, 0.1) is 24.9 Å². The molecule has 3 aliphatic heterocycles. The predicted octanol–water partition coefficient (Wildman–Crippen LogP) is 3.79. The molecule has 0 aliphatic carbocycles. The Labute approximate surface area is 195 Å². The van der Waals surface area contributed by atoms with E-state index in [1.165, 1.54) is 0 Å². The molecule has 5 rings (SSSR count). The Kier molecular flexibility index (Phi) is 7.47. The molecule has 3 aliphatic rings. The zero-order chi connectivity index (χ0) is 23.1. The molecule has 1 saturated heterocycles. The van der Waals surface area contributed by atoms with E-state index in [2.05, 4.69) is 4.98 Å². The van der Waals surface area contributed by atoms with Crippen LogP contribution in [-0.2, 0) is 4.79 Å². The summed E-state index contributed by atoms with van der Waals surface area (Å²) < 4.78 is 12.1. The van der Waals surface area contributed by atoms with Crippen molar-refractivity contribution in [3.63, 3.8) is 0 Å². The van der Waals surface area contributed by atoms with E-state index >= 15 is 0 Å². The first-order chi connectivity index (χ1) is 16.1. The van der Waals surface area contributed by atoms with Crippen LogP contribution in [0.25, 0.3) is 0 Å². The molecule has 0 atom stereocenters. The van der Waals surface area contributed by atoms with Crippen molar-refractivity contribution in [2.75, 3.05) is 39.4 Å². The van der Waals surface area contributed by atoms with Crippen molar-refractivity contribution in [3.8, 4) is 11.5 Å². The average molecular weight is 452 g/mol. The first-order valence-corrected chi connectivity index (χ1v) is 11.9. The van der Waals surface area contributed by atoms with Crippen LogP contribution >= 0.6 is 0 Å². The SMILES string of the molecule is CC(=O)N1CCCCC2(COc3cccnc3)CCN(CC2)C(=O)c2ccccc2OCC1. The summed E-state index contributed by atoms with van der Waals surface area (Å²) in [6.07, 6.45) is 8.21. The molecule has 2 amide bonds. The molecule has 1 aromatic heterocycles. The summed E-state index contributed by atoms with van der Waals surface area (Å²) >= 11 is 0. The summed E-state index contributed by atoms with van der Waals surface area (Å²) in [5, 5.41) is 0. The fourth-order valence-electron chi connectivity index (χ4n) is 4.75. The lowest BCUT2D eigenvalue weighted by Crippen LogP contribution is -2.45. The topological polar surface area (TPSA) is 72.0 Å². The molecule has 33 heavy (non-hydrogen) atoms. The van der Waals surface area contributed by atoms with Crippen LogP contribution < -0.4 is 9.47 Å². The molecule has 7 heteroatoms. The molecule has 7 nitrogen and oxygen atoms in total. The van der Waals surface area contributed by atoms with Crippen molar-refractivity contribution < 1.29 is 19.1 Å². The number of pyridine rings is 1. The molecule has 0 radical (unpaired) electrons. The van der Waals surface area contributed by atoms with Gasteiger partial charge >= 0.3 is 0 Å². The third kappa shape index (κ3) is 5.83. The molecule has 2 aromatic rings. The van der Waals surface area contributed by atoms with E-state index in [0.29, 0.717) is 50.7 Å². The first-order valence-electron chi connectivity index (χ1n) is 11.9. The number of aromatic nitrogens is 1. The number of nitrogens with zero attached hydrogens (tertiary/aromatic N) is 3. The second-order valence-corrected chi connectivity index (χ2v) is 9.08. The number of hydrogen-bond acceptors (Lipinski definition) is 5. The monoisotopic (exact) mass is 451 g/mol. The van der Waals surface area contributed by atoms with E-state index in [-0.39, 0.29) is 17.2 Å². The van der Waals surface area contributed by atoms with E-state index in [0.717, 1.165) is 37.9 Å². The Bertz CT molecular complexity index is 942. The van der Waals surface area contributed by atoms with Crippen LogP contribution in [0.1, 0.15) is 49.4 Å². The van der Waals surface area contributed by atoms with Gasteiger partial charge in [-0.1, -0.05) is 18.6 Å². The zero-order valence-corrected chi connectivity index (χ0v) is 19.4. The van der Waals surface area contributed by atoms with Crippen LogP contribution in [0.3, 0.4) is 0 Å². The van der Waals surface area contributed by atoms with E-state index in [9.17, 15) is 9.59 Å². The summed E-state index contributed by atoms with van der Waals surface area (Å²) in [5.41, 5.74) is 0.588. The van der Waals surface area contributed by atoms with Crippen LogP contribution in [0, 0.1) is 5.41 Å². The van der Waals surface area contributed by atoms with Crippen LogP contribution in [0.4, 0.5) is 0 Å². The molecular formula is C26H33N3O4. The molecule has 0 saturated carbocycles. The lowest BCUT2D eigenvalue weighted by molar-refractivity contribution is -0.129. The highest BCUT2D eigenvalue weighted by Crippen LogP contribution is 2.38. The Morgan fingerprint density at radius 1 is 1.06 bits per heavy atom. The maximum absolute atomic E-state index is 13.3. The number of para-hydroxylation sites is 1. The molecule has 0 spiro atoms. The van der Waals surface area contributed by atoms with Crippen molar-refractivity contribution >= 4 is 11.8 Å². The van der Waals surface area contributed by atoms with Crippen LogP contribution in [0.5, 0.6) is 11.5 Å². The van der Waals surface area contributed by atoms with E-state index in [1.54, 1.807) is 19.3 Å². The van der Waals surface area contributed by atoms with Crippen molar-refractivity contribution in [3.05, 3.63) is 54.4 Å². The summed E-state index contributed by atoms with van der Waals surface area (Å²) in [6.45, 7) is 5.20. The summed E-state index contributed by atoms with van der Waals surface area (Å²) in [6, 6.07) is 11.2. The quantitative estimate of drug-likeness (QED) is 0.710. The summed E-state index contributed by atoms with van der Waals surface area (Å²) in [4.78, 5) is 33.4. The molecular weight excluding hydrogens is 418 g/mol. The molecule has 176 valence electrons. The van der Waals surface area contributed by atoms with Gasteiger partial charge in [0.2, 0.25) is 5.91 Å². The first kappa shape index (κ1) is 23.1. The van der Waals surface area contributed by atoms with Gasteiger partial charge in [0.25, 0.3) is 5.91 Å². The van der Waals surface area contributed by atoms with Crippen molar-refractivity contribution in [1.29, 1.82) is 0 Å². The van der Waals surface area contributed by atoms with E-state index < -0.39 is 0 Å². The normalized spacial score (nSPS) is 19.1. The summed E-state index contributed by atoms with van der Waals surface area (Å²) in [7, 11) is 0. The average Bonchev–Trinajstić information content (AvgIpc) is 2.85. The Balaban J connectivity index is 1.54. The minimum atomic E-state index is 0.00384. The second kappa shape index (κ2) is 10.7. The van der Waals surface area contributed by atoms with Gasteiger partial charge in [-0.2, -0.15) is 0 Å². The highest BCUT2D eigenvalue weighted by atomic mass is 16.5. The third-order valence-electron chi connectivity index (χ3n) is 6.86. The van der Waals surface area contributed by atoms with Gasteiger partial charge in [-0.3, -0.25) is 14.6 Å². The van der Waals surface area contributed by atoms with Crippen LogP contribution in [-0.4, -0.2) is 66.0 Å². The number of carbonyl (C=O) groups excluding carboxylic acids is 2. The van der Waals surface area contributed by atoms with Crippen LogP contribution in [0.2, 0.25) is 0 Å². The van der Waals surface area contributed by atoms with Crippen molar-refractivity contribution in [2.45, 2.75) is 39.0 Å². The second-order valence-electron chi connectivity index (χ2n) is 9.08. The van der Waals surface area contributed by atoms with Gasteiger partial charge < -0.3 is 19.3 Å². The lowest BCUT2D eigenvalue weighted by atomic mass is 9.75. The molecule has 0 unspecified atom stereocenters. The molecule has 2 bridgehead atoms. The smallest absolute Gasteiger partial charge is 0.257 e. The Morgan fingerprint density at radius 3 is 2.64 bits per heavy atom. The van der Waals surface area contributed by atoms with Gasteiger partial charge in [-0.15, -0.1) is 0 Å². The van der Waals surface area contributed by atoms with Gasteiger partial charge in [0.15, 0.2) is 0 Å². The molecule has 4 heterocycles. The number of hydrogen-bond donors (Lipinski definition) is 0. The number of benzene rings is 1. The fraction of sp³-hybridized carbons (Fsp3) is 0.500. The lowest BCUT2D eigenvalue weighted by Gasteiger charge is -2.42. The van der Waals surface area contributed by atoms with Gasteiger partial charge in [0.1, 0.15) is 18.1 Å². The number of fused-ring (bicyclic) bond motifs is 9. The number of ether oxygens (including phenoxy) is 2. The van der Waals surface area contributed by atoms with E-state index in [1.807, 2.05) is 46.2 Å². The minimum Gasteiger partial charge on any atom is -0.491 e. The largest absolute Gasteiger partial charge is 0.491 e. The minimum absolute atomic E-state index is 0.00384.